The standard InChI is InChI=1S/C15H17N5/c1-20-10-11(9-18-20)8-17-15-13(7-16)6-12-4-2-3-5-14(12)19-15/h6,9-10H,2-5,8H2,1H3,(H,17,19). The lowest BCUT2D eigenvalue weighted by molar-refractivity contribution is 0.668. The van der Waals surface area contributed by atoms with Crippen LogP contribution in [0.5, 0.6) is 0 Å². The normalized spacial score (nSPS) is 13.6. The number of pyridine rings is 1. The third kappa shape index (κ3) is 2.50. The maximum atomic E-state index is 9.27. The molecule has 5 heteroatoms. The van der Waals surface area contributed by atoms with E-state index < -0.39 is 0 Å². The molecular formula is C15H17N5. The van der Waals surface area contributed by atoms with Crippen molar-refractivity contribution in [3.8, 4) is 6.07 Å². The van der Waals surface area contributed by atoms with Gasteiger partial charge in [-0.15, -0.1) is 0 Å². The van der Waals surface area contributed by atoms with Crippen LogP contribution in [0.2, 0.25) is 0 Å². The highest BCUT2D eigenvalue weighted by Gasteiger charge is 2.15. The van der Waals surface area contributed by atoms with Crippen molar-refractivity contribution in [3.63, 3.8) is 0 Å². The van der Waals surface area contributed by atoms with Crippen LogP contribution in [-0.2, 0) is 26.4 Å². The van der Waals surface area contributed by atoms with Gasteiger partial charge in [0, 0.05) is 31.0 Å². The van der Waals surface area contributed by atoms with E-state index in [0.717, 1.165) is 24.1 Å². The lowest BCUT2D eigenvalue weighted by Crippen LogP contribution is -2.10. The largest absolute Gasteiger partial charge is 0.365 e. The summed E-state index contributed by atoms with van der Waals surface area (Å²) in [5.74, 6) is 0.692. The van der Waals surface area contributed by atoms with Crippen molar-refractivity contribution < 1.29 is 0 Å². The molecule has 5 nitrogen and oxygen atoms in total. The average Bonchev–Trinajstić information content (AvgIpc) is 2.89. The monoisotopic (exact) mass is 267 g/mol. The molecule has 2 heterocycles. The highest BCUT2D eigenvalue weighted by molar-refractivity contribution is 5.54. The van der Waals surface area contributed by atoms with E-state index in [-0.39, 0.29) is 0 Å². The molecule has 20 heavy (non-hydrogen) atoms. The van der Waals surface area contributed by atoms with Crippen molar-refractivity contribution in [2.75, 3.05) is 5.32 Å². The van der Waals surface area contributed by atoms with Gasteiger partial charge in [-0.05, 0) is 37.3 Å². The summed E-state index contributed by atoms with van der Waals surface area (Å²) in [7, 11) is 1.89. The topological polar surface area (TPSA) is 66.5 Å². The molecule has 0 atom stereocenters. The summed E-state index contributed by atoms with van der Waals surface area (Å²) in [6, 6.07) is 4.23. The SMILES string of the molecule is Cn1cc(CNc2nc3c(cc2C#N)CCCC3)cn1. The summed E-state index contributed by atoms with van der Waals surface area (Å²) in [5.41, 5.74) is 4.09. The molecule has 0 bridgehead atoms. The molecule has 3 rings (SSSR count). The van der Waals surface area contributed by atoms with Gasteiger partial charge >= 0.3 is 0 Å². The van der Waals surface area contributed by atoms with E-state index in [9.17, 15) is 5.26 Å². The summed E-state index contributed by atoms with van der Waals surface area (Å²) in [6.45, 7) is 0.633. The molecule has 2 aromatic rings. The Morgan fingerprint density at radius 1 is 1.40 bits per heavy atom. The van der Waals surface area contributed by atoms with Gasteiger partial charge in [-0.25, -0.2) is 4.98 Å². The predicted molar refractivity (Wildman–Crippen MR) is 76.1 cm³/mol. The Balaban J connectivity index is 1.83. The number of aromatic nitrogens is 3. The van der Waals surface area contributed by atoms with Crippen LogP contribution in [-0.4, -0.2) is 14.8 Å². The van der Waals surface area contributed by atoms with E-state index in [1.807, 2.05) is 25.5 Å². The van der Waals surface area contributed by atoms with Crippen molar-refractivity contribution in [1.29, 1.82) is 5.26 Å². The molecule has 102 valence electrons. The Morgan fingerprint density at radius 2 is 2.25 bits per heavy atom. The van der Waals surface area contributed by atoms with Gasteiger partial charge in [-0.1, -0.05) is 0 Å². The summed E-state index contributed by atoms with van der Waals surface area (Å²) in [6.07, 6.45) is 8.22. The molecule has 0 radical (unpaired) electrons. The van der Waals surface area contributed by atoms with Crippen LogP contribution in [0.25, 0.3) is 0 Å². The van der Waals surface area contributed by atoms with Gasteiger partial charge in [0.1, 0.15) is 11.9 Å². The van der Waals surface area contributed by atoms with Crippen molar-refractivity contribution in [1.82, 2.24) is 14.8 Å². The first kappa shape index (κ1) is 12.7. The van der Waals surface area contributed by atoms with Gasteiger partial charge in [0.25, 0.3) is 0 Å². The first-order valence-electron chi connectivity index (χ1n) is 6.90. The highest BCUT2D eigenvalue weighted by atomic mass is 15.2. The predicted octanol–water partition coefficient (Wildman–Crippen LogP) is 2.18. The maximum absolute atomic E-state index is 9.27. The minimum atomic E-state index is 0.633. The third-order valence-corrected chi connectivity index (χ3v) is 3.64. The molecule has 0 saturated carbocycles. The van der Waals surface area contributed by atoms with Gasteiger partial charge in [-0.2, -0.15) is 10.4 Å². The molecule has 0 aromatic carbocycles. The van der Waals surface area contributed by atoms with E-state index in [0.29, 0.717) is 17.9 Å². The second-order valence-electron chi connectivity index (χ2n) is 5.19. The third-order valence-electron chi connectivity index (χ3n) is 3.64. The quantitative estimate of drug-likeness (QED) is 0.925. The number of nitriles is 1. The number of anilines is 1. The first-order valence-corrected chi connectivity index (χ1v) is 6.90. The Labute approximate surface area is 118 Å². The van der Waals surface area contributed by atoms with Crippen molar-refractivity contribution >= 4 is 5.82 Å². The molecule has 0 unspecified atom stereocenters. The van der Waals surface area contributed by atoms with Crippen molar-refractivity contribution in [2.45, 2.75) is 32.2 Å². The Bertz CT molecular complexity index is 665. The molecule has 1 aliphatic rings. The van der Waals surface area contributed by atoms with Crippen LogP contribution >= 0.6 is 0 Å². The minimum Gasteiger partial charge on any atom is -0.365 e. The Hall–Kier alpha value is -2.35. The summed E-state index contributed by atoms with van der Waals surface area (Å²) in [4.78, 5) is 4.65. The fourth-order valence-electron chi connectivity index (χ4n) is 2.60. The number of fused-ring (bicyclic) bond motifs is 1. The van der Waals surface area contributed by atoms with E-state index in [4.69, 9.17) is 0 Å². The summed E-state index contributed by atoms with van der Waals surface area (Å²) in [5, 5.41) is 16.7. The number of hydrogen-bond acceptors (Lipinski definition) is 4. The van der Waals surface area contributed by atoms with Gasteiger partial charge in [0.2, 0.25) is 0 Å². The van der Waals surface area contributed by atoms with E-state index in [2.05, 4.69) is 21.5 Å². The zero-order valence-electron chi connectivity index (χ0n) is 11.6. The molecule has 0 aliphatic heterocycles. The van der Waals surface area contributed by atoms with Crippen LogP contribution in [0.3, 0.4) is 0 Å². The van der Waals surface area contributed by atoms with Crippen LogP contribution < -0.4 is 5.32 Å². The smallest absolute Gasteiger partial charge is 0.144 e. The fraction of sp³-hybridized carbons (Fsp3) is 0.400. The molecule has 0 spiro atoms. The van der Waals surface area contributed by atoms with Crippen LogP contribution in [0.4, 0.5) is 5.82 Å². The minimum absolute atomic E-state index is 0.633. The van der Waals surface area contributed by atoms with Crippen LogP contribution in [0.1, 0.15) is 35.2 Å². The molecule has 0 fully saturated rings. The molecule has 0 amide bonds. The van der Waals surface area contributed by atoms with E-state index >= 15 is 0 Å². The van der Waals surface area contributed by atoms with Crippen LogP contribution in [0, 0.1) is 11.3 Å². The number of rotatable bonds is 3. The lowest BCUT2D eigenvalue weighted by Gasteiger charge is -2.17. The Morgan fingerprint density at radius 3 is 3.00 bits per heavy atom. The average molecular weight is 267 g/mol. The van der Waals surface area contributed by atoms with Crippen LogP contribution in [0.15, 0.2) is 18.5 Å². The zero-order chi connectivity index (χ0) is 13.9. The summed E-state index contributed by atoms with van der Waals surface area (Å²) < 4.78 is 1.77. The highest BCUT2D eigenvalue weighted by Crippen LogP contribution is 2.24. The van der Waals surface area contributed by atoms with Gasteiger partial charge in [0.05, 0.1) is 11.8 Å². The van der Waals surface area contributed by atoms with Gasteiger partial charge < -0.3 is 5.32 Å². The summed E-state index contributed by atoms with van der Waals surface area (Å²) >= 11 is 0. The second kappa shape index (κ2) is 5.33. The van der Waals surface area contributed by atoms with Gasteiger partial charge in [-0.3, -0.25) is 4.68 Å². The second-order valence-corrected chi connectivity index (χ2v) is 5.19. The zero-order valence-corrected chi connectivity index (χ0v) is 11.6. The van der Waals surface area contributed by atoms with E-state index in [1.54, 1.807) is 4.68 Å². The fourth-order valence-corrected chi connectivity index (χ4v) is 2.60. The van der Waals surface area contributed by atoms with Gasteiger partial charge in [0.15, 0.2) is 0 Å². The lowest BCUT2D eigenvalue weighted by atomic mass is 9.95. The molecule has 2 aromatic heterocycles. The number of aryl methyl sites for hydroxylation is 3. The molecular weight excluding hydrogens is 250 g/mol. The maximum Gasteiger partial charge on any atom is 0.144 e. The van der Waals surface area contributed by atoms with E-state index in [1.165, 1.54) is 18.4 Å². The first-order chi connectivity index (χ1) is 9.76. The number of hydrogen-bond donors (Lipinski definition) is 1. The molecule has 0 saturated heterocycles. The number of nitrogens with one attached hydrogen (secondary N) is 1. The molecule has 1 N–H and O–H groups in total. The number of nitrogens with zero attached hydrogens (tertiary/aromatic N) is 4. The Kier molecular flexibility index (Phi) is 3.38. The van der Waals surface area contributed by atoms with Crippen molar-refractivity contribution in [3.05, 3.63) is 40.8 Å². The molecule has 1 aliphatic carbocycles. The van der Waals surface area contributed by atoms with Crippen molar-refractivity contribution in [2.24, 2.45) is 7.05 Å².